The minimum Gasteiger partial charge on any atom is -0.496 e. The van der Waals surface area contributed by atoms with Crippen LogP contribution < -0.4 is 15.4 Å². The number of ketones is 2. The third-order valence-electron chi connectivity index (χ3n) is 12.2. The van der Waals surface area contributed by atoms with Crippen LogP contribution in [0.15, 0.2) is 82.0 Å². The van der Waals surface area contributed by atoms with Gasteiger partial charge in [-0.05, 0) is 152 Å². The van der Waals surface area contributed by atoms with Crippen LogP contribution in [0.1, 0.15) is 106 Å². The molecule has 3 aromatic rings. The van der Waals surface area contributed by atoms with Gasteiger partial charge < -0.3 is 25.0 Å². The second kappa shape index (κ2) is 20.4. The van der Waals surface area contributed by atoms with Gasteiger partial charge in [0.05, 0.1) is 7.11 Å². The van der Waals surface area contributed by atoms with E-state index in [2.05, 4.69) is 44.8 Å². The molecule has 1 aliphatic heterocycles. The van der Waals surface area contributed by atoms with Gasteiger partial charge in [0.25, 0.3) is 0 Å². The van der Waals surface area contributed by atoms with Crippen LogP contribution in [0.3, 0.4) is 0 Å². The molecular formula is C48H62N6O6. The smallest absolute Gasteiger partial charge is 0.407 e. The van der Waals surface area contributed by atoms with E-state index < -0.39 is 17.6 Å². The highest BCUT2D eigenvalue weighted by Gasteiger charge is 2.31. The van der Waals surface area contributed by atoms with Crippen LogP contribution in [-0.2, 0) is 20.7 Å². The minimum atomic E-state index is -0.597. The molecule has 1 atom stereocenters. The van der Waals surface area contributed by atoms with Crippen molar-refractivity contribution >= 4 is 35.1 Å². The quantitative estimate of drug-likeness (QED) is 0.137. The molecule has 3 aromatic carbocycles. The van der Waals surface area contributed by atoms with E-state index in [0.717, 1.165) is 73.6 Å². The number of azo groups is 1. The van der Waals surface area contributed by atoms with E-state index in [-0.39, 0.29) is 35.7 Å². The topological polar surface area (TPSA) is 151 Å². The molecule has 320 valence electrons. The van der Waals surface area contributed by atoms with Crippen molar-refractivity contribution in [1.29, 1.82) is 0 Å². The number of hydrogen-bond donors (Lipinski definition) is 2. The molecule has 2 saturated carbocycles. The zero-order valence-electron chi connectivity index (χ0n) is 36.2. The molecule has 12 heteroatoms. The predicted octanol–water partition coefficient (Wildman–Crippen LogP) is 9.31. The lowest BCUT2D eigenvalue weighted by molar-refractivity contribution is -0.129. The zero-order valence-corrected chi connectivity index (χ0v) is 36.2. The van der Waals surface area contributed by atoms with Crippen molar-refractivity contribution in [2.75, 3.05) is 39.7 Å². The van der Waals surface area contributed by atoms with Crippen LogP contribution in [0.25, 0.3) is 11.1 Å². The standard InChI is InChI=1S/C48H62N6O6/c1-48(2,3)60-47(58)49-29-33-9-15-35(16-10-33)43(56)27-38(46(57)52-39-20-17-36(18-21-39)45-50-30-51-53-45)25-31-7-13-34(14-8-31)41-24-19-37(28-44(41)59-6)42(55)26-32-11-22-40(23-12-32)54(4)5/h7-8,13-14,17-21,24,28,32-33,35,38,40H,9-12,15-16,22-23,25-27,29-30H2,1-6H3,(H,49,58)(H,52,57). The molecule has 1 unspecified atom stereocenters. The number of benzene rings is 3. The van der Waals surface area contributed by atoms with Crippen molar-refractivity contribution in [3.63, 3.8) is 0 Å². The molecule has 0 aromatic heterocycles. The Morgan fingerprint density at radius 1 is 0.833 bits per heavy atom. The molecule has 2 amide bonds. The SMILES string of the molecule is COc1cc(C(=O)CC2CCC(N(C)C)CC2)ccc1-c1ccc(CC(CC(=O)C2CCC(CNC(=O)OC(C)(C)C)CC2)C(=O)Nc2ccc(C3=NCN=N3)cc2)cc1. The molecule has 60 heavy (non-hydrogen) atoms. The predicted molar refractivity (Wildman–Crippen MR) is 235 cm³/mol. The van der Waals surface area contributed by atoms with Crippen LogP contribution in [0, 0.1) is 23.7 Å². The summed E-state index contributed by atoms with van der Waals surface area (Å²) >= 11 is 0. The van der Waals surface area contributed by atoms with Gasteiger partial charge in [-0.25, -0.2) is 9.79 Å². The Bertz CT molecular complexity index is 2020. The van der Waals surface area contributed by atoms with Crippen molar-refractivity contribution in [1.82, 2.24) is 10.2 Å². The monoisotopic (exact) mass is 818 g/mol. The number of ether oxygens (including phenoxy) is 2. The Balaban J connectivity index is 1.10. The van der Waals surface area contributed by atoms with Gasteiger partial charge in [0, 0.05) is 59.6 Å². The van der Waals surface area contributed by atoms with Crippen molar-refractivity contribution < 1.29 is 28.7 Å². The number of aliphatic imine (C=N–C) groups is 1. The normalized spacial score (nSPS) is 20.9. The zero-order chi connectivity index (χ0) is 42.8. The molecule has 2 aliphatic carbocycles. The lowest BCUT2D eigenvalue weighted by Gasteiger charge is -2.32. The fraction of sp³-hybridized carbons (Fsp3) is 0.521. The number of amides is 2. The number of amidine groups is 1. The van der Waals surface area contributed by atoms with Gasteiger partial charge in [-0.1, -0.05) is 30.3 Å². The number of methoxy groups -OCH3 is 1. The van der Waals surface area contributed by atoms with E-state index in [4.69, 9.17) is 9.47 Å². The molecular weight excluding hydrogens is 757 g/mol. The number of carbonyl (C=O) groups excluding carboxylic acids is 4. The van der Waals surface area contributed by atoms with Crippen molar-refractivity contribution in [3.05, 3.63) is 83.4 Å². The first-order valence-corrected chi connectivity index (χ1v) is 21.5. The molecule has 2 fully saturated rings. The molecule has 0 radical (unpaired) electrons. The number of nitrogens with one attached hydrogen (secondary N) is 2. The Morgan fingerprint density at radius 2 is 1.50 bits per heavy atom. The summed E-state index contributed by atoms with van der Waals surface area (Å²) in [6, 6.07) is 21.6. The maximum absolute atomic E-state index is 14.0. The molecule has 1 heterocycles. The molecule has 0 saturated heterocycles. The van der Waals surface area contributed by atoms with Crippen molar-refractivity contribution in [2.45, 2.75) is 103 Å². The fourth-order valence-electron chi connectivity index (χ4n) is 8.68. The highest BCUT2D eigenvalue weighted by Crippen LogP contribution is 2.35. The average Bonchev–Trinajstić information content (AvgIpc) is 3.78. The largest absolute Gasteiger partial charge is 0.496 e. The third-order valence-corrected chi connectivity index (χ3v) is 12.2. The Kier molecular flexibility index (Phi) is 15.0. The lowest BCUT2D eigenvalue weighted by Crippen LogP contribution is -2.37. The van der Waals surface area contributed by atoms with Crippen molar-refractivity contribution in [3.8, 4) is 16.9 Å². The number of rotatable bonds is 16. The Labute approximate surface area is 355 Å². The summed E-state index contributed by atoms with van der Waals surface area (Å²) in [4.78, 5) is 60.0. The van der Waals surface area contributed by atoms with E-state index >= 15 is 0 Å². The molecule has 6 rings (SSSR count). The summed E-state index contributed by atoms with van der Waals surface area (Å²) in [5, 5.41) is 13.9. The lowest BCUT2D eigenvalue weighted by atomic mass is 9.77. The summed E-state index contributed by atoms with van der Waals surface area (Å²) in [7, 11) is 5.89. The third kappa shape index (κ3) is 12.4. The van der Waals surface area contributed by atoms with Crippen LogP contribution >= 0.6 is 0 Å². The highest BCUT2D eigenvalue weighted by molar-refractivity contribution is 6.01. The van der Waals surface area contributed by atoms with Gasteiger partial charge in [0.1, 0.15) is 17.1 Å². The van der Waals surface area contributed by atoms with Gasteiger partial charge in [0.15, 0.2) is 18.3 Å². The maximum atomic E-state index is 14.0. The first kappa shape index (κ1) is 44.3. The second-order valence-electron chi connectivity index (χ2n) is 18.0. The second-order valence-corrected chi connectivity index (χ2v) is 18.0. The molecule has 0 bridgehead atoms. The van der Waals surface area contributed by atoms with E-state index in [1.165, 1.54) is 0 Å². The number of alkyl carbamates (subject to hydrolysis) is 1. The van der Waals surface area contributed by atoms with Gasteiger partial charge >= 0.3 is 6.09 Å². The van der Waals surface area contributed by atoms with Crippen LogP contribution in [0.4, 0.5) is 10.5 Å². The fourth-order valence-corrected chi connectivity index (χ4v) is 8.68. The average molecular weight is 819 g/mol. The number of hydrogen-bond acceptors (Lipinski definition) is 10. The van der Waals surface area contributed by atoms with Gasteiger partial charge in [-0.3, -0.25) is 14.4 Å². The number of carbonyl (C=O) groups is 4. The van der Waals surface area contributed by atoms with E-state index in [1.807, 2.05) is 87.5 Å². The number of anilines is 1. The summed E-state index contributed by atoms with van der Waals surface area (Å²) in [5.41, 5.74) is 4.27. The Morgan fingerprint density at radius 3 is 2.12 bits per heavy atom. The first-order valence-electron chi connectivity index (χ1n) is 21.5. The van der Waals surface area contributed by atoms with Crippen molar-refractivity contribution in [2.24, 2.45) is 38.9 Å². The summed E-state index contributed by atoms with van der Waals surface area (Å²) < 4.78 is 11.2. The van der Waals surface area contributed by atoms with E-state index in [9.17, 15) is 19.2 Å². The minimum absolute atomic E-state index is 0.0888. The van der Waals surface area contributed by atoms with E-state index in [0.29, 0.717) is 60.9 Å². The van der Waals surface area contributed by atoms with Crippen LogP contribution in [0.5, 0.6) is 5.75 Å². The first-order chi connectivity index (χ1) is 28.7. The van der Waals surface area contributed by atoms with Gasteiger partial charge in [0.2, 0.25) is 5.91 Å². The molecule has 2 N–H and O–H groups in total. The maximum Gasteiger partial charge on any atom is 0.407 e. The van der Waals surface area contributed by atoms with E-state index in [1.54, 1.807) is 7.11 Å². The molecule has 12 nitrogen and oxygen atoms in total. The summed E-state index contributed by atoms with van der Waals surface area (Å²) in [6.07, 6.45) is 8.09. The number of nitrogens with zero attached hydrogens (tertiary/aromatic N) is 4. The highest BCUT2D eigenvalue weighted by atomic mass is 16.6. The summed E-state index contributed by atoms with van der Waals surface area (Å²) in [6.45, 7) is 6.33. The Hall–Kier alpha value is -5.23. The van der Waals surface area contributed by atoms with Crippen LogP contribution in [0.2, 0.25) is 0 Å². The molecule has 3 aliphatic rings. The van der Waals surface area contributed by atoms with Crippen LogP contribution in [-0.4, -0.2) is 80.4 Å². The molecule has 0 spiro atoms. The van der Waals surface area contributed by atoms with Gasteiger partial charge in [-0.15, -0.1) is 5.11 Å². The summed E-state index contributed by atoms with van der Waals surface area (Å²) in [5.74, 6) is 1.16. The number of Topliss-reactive ketones (excluding diaryl/α,β-unsaturated/α-hetero) is 2. The van der Waals surface area contributed by atoms with Gasteiger partial charge in [-0.2, -0.15) is 5.11 Å².